The molecule has 2 amide bonds. The molecule has 0 atom stereocenters. The van der Waals surface area contributed by atoms with Crippen LogP contribution in [0.1, 0.15) is 0 Å². The summed E-state index contributed by atoms with van der Waals surface area (Å²) in [4.78, 5) is 24.7. The van der Waals surface area contributed by atoms with Gasteiger partial charge in [0.1, 0.15) is 11.8 Å². The number of carbonyl (C=O) groups is 2. The second-order valence-electron chi connectivity index (χ2n) is 4.76. The Morgan fingerprint density at radius 3 is 1.50 bits per heavy atom. The van der Waals surface area contributed by atoms with Crippen LogP contribution in [0, 0.1) is 0 Å². The van der Waals surface area contributed by atoms with E-state index in [2.05, 4.69) is 10.6 Å². The molecule has 0 radical (unpaired) electrons. The third-order valence-electron chi connectivity index (χ3n) is 2.94. The molecular weight excluding hydrogens is 458 g/mol. The number of hydrogen-bond acceptors (Lipinski definition) is 4. The van der Waals surface area contributed by atoms with Crippen molar-refractivity contribution in [3.05, 3.63) is 46.4 Å². The summed E-state index contributed by atoms with van der Waals surface area (Å²) < 4.78 is 0. The summed E-state index contributed by atoms with van der Waals surface area (Å²) in [6.45, 7) is 0. The van der Waals surface area contributed by atoms with Crippen molar-refractivity contribution in [2.75, 3.05) is 22.4 Å². The second kappa shape index (κ2) is 10.5. The number of benzene rings is 2. The Labute approximate surface area is 178 Å². The van der Waals surface area contributed by atoms with Gasteiger partial charge in [0.2, 0.25) is 11.8 Å². The van der Waals surface area contributed by atoms with Crippen molar-refractivity contribution in [3.63, 3.8) is 0 Å². The monoisotopic (exact) mass is 468 g/mol. The van der Waals surface area contributed by atoms with Crippen LogP contribution in [0.15, 0.2) is 46.2 Å². The van der Waals surface area contributed by atoms with Gasteiger partial charge in [-0.1, -0.05) is 56.9 Å². The lowest BCUT2D eigenvalue weighted by atomic mass is 10.3. The van der Waals surface area contributed by atoms with Crippen LogP contribution in [0.3, 0.4) is 0 Å². The molecule has 0 fully saturated rings. The van der Waals surface area contributed by atoms with Crippen LogP contribution < -0.4 is 10.6 Å². The van der Waals surface area contributed by atoms with Gasteiger partial charge in [-0.05, 0) is 24.3 Å². The molecule has 2 rings (SSSR count). The third-order valence-corrected chi connectivity index (χ3v) is 6.51. The summed E-state index contributed by atoms with van der Waals surface area (Å²) >= 11 is 23.5. The number of rotatable bonds is 7. The van der Waals surface area contributed by atoms with Crippen molar-refractivity contribution in [3.8, 4) is 0 Å². The van der Waals surface area contributed by atoms with E-state index in [1.165, 1.54) is 21.6 Å². The predicted molar refractivity (Wildman–Crippen MR) is 113 cm³/mol. The number of halogens is 4. The van der Waals surface area contributed by atoms with Crippen LogP contribution in [0.4, 0.5) is 11.4 Å². The van der Waals surface area contributed by atoms with Gasteiger partial charge in [-0.25, -0.2) is 0 Å². The Hall–Kier alpha value is -0.760. The van der Waals surface area contributed by atoms with Crippen molar-refractivity contribution in [2.45, 2.75) is 9.79 Å². The highest BCUT2D eigenvalue weighted by atomic mass is 35.5. The SMILES string of the molecule is O=C(CCl)Nc1c(Cl)cccc1SSc1cccc(Cl)c1NC(=O)CCl. The molecule has 0 aromatic heterocycles. The van der Waals surface area contributed by atoms with Crippen molar-refractivity contribution in [1.82, 2.24) is 0 Å². The largest absolute Gasteiger partial charge is 0.323 e. The van der Waals surface area contributed by atoms with Crippen molar-refractivity contribution in [2.24, 2.45) is 0 Å². The minimum absolute atomic E-state index is 0.175. The van der Waals surface area contributed by atoms with Crippen LogP contribution >= 0.6 is 68.0 Å². The quantitative estimate of drug-likeness (QED) is 0.377. The smallest absolute Gasteiger partial charge is 0.239 e. The highest BCUT2D eigenvalue weighted by Crippen LogP contribution is 2.46. The molecule has 10 heteroatoms. The van der Waals surface area contributed by atoms with Gasteiger partial charge < -0.3 is 10.6 Å². The Kier molecular flexibility index (Phi) is 8.73. The lowest BCUT2D eigenvalue weighted by molar-refractivity contribution is -0.114. The fraction of sp³-hybridized carbons (Fsp3) is 0.125. The van der Waals surface area contributed by atoms with Gasteiger partial charge in [0, 0.05) is 9.79 Å². The minimum atomic E-state index is -0.357. The van der Waals surface area contributed by atoms with E-state index < -0.39 is 0 Å². The van der Waals surface area contributed by atoms with Crippen molar-refractivity contribution < 1.29 is 9.59 Å². The van der Waals surface area contributed by atoms with Crippen molar-refractivity contribution in [1.29, 1.82) is 0 Å². The highest BCUT2D eigenvalue weighted by Gasteiger charge is 2.14. The van der Waals surface area contributed by atoms with Crippen molar-refractivity contribution >= 4 is 91.2 Å². The Morgan fingerprint density at radius 2 is 1.15 bits per heavy atom. The van der Waals surface area contributed by atoms with Gasteiger partial charge >= 0.3 is 0 Å². The van der Waals surface area contributed by atoms with Crippen LogP contribution in [0.5, 0.6) is 0 Å². The fourth-order valence-electron chi connectivity index (χ4n) is 1.83. The molecule has 2 aromatic rings. The summed E-state index contributed by atoms with van der Waals surface area (Å²) in [6, 6.07) is 10.5. The molecule has 0 aliphatic rings. The van der Waals surface area contributed by atoms with E-state index in [0.29, 0.717) is 21.4 Å². The molecule has 0 saturated heterocycles. The zero-order chi connectivity index (χ0) is 19.1. The summed E-state index contributed by atoms with van der Waals surface area (Å²) in [6.07, 6.45) is 0. The number of anilines is 2. The van der Waals surface area contributed by atoms with Crippen LogP contribution in [0.25, 0.3) is 0 Å². The van der Waals surface area contributed by atoms with E-state index in [1.54, 1.807) is 24.3 Å². The number of amides is 2. The maximum atomic E-state index is 11.6. The zero-order valence-electron chi connectivity index (χ0n) is 13.0. The molecule has 0 aliphatic carbocycles. The number of para-hydroxylation sites is 2. The first-order valence-corrected chi connectivity index (χ1v) is 11.1. The normalized spacial score (nSPS) is 10.5. The maximum absolute atomic E-state index is 11.6. The number of carbonyl (C=O) groups excluding carboxylic acids is 2. The number of nitrogens with one attached hydrogen (secondary N) is 2. The molecule has 0 heterocycles. The van der Waals surface area contributed by atoms with E-state index in [-0.39, 0.29) is 23.6 Å². The second-order valence-corrected chi connectivity index (χ2v) is 8.32. The molecule has 0 spiro atoms. The Bertz CT molecular complexity index is 753. The van der Waals surface area contributed by atoms with Gasteiger partial charge in [-0.3, -0.25) is 9.59 Å². The summed E-state index contributed by atoms with van der Waals surface area (Å²) in [5.41, 5.74) is 0.955. The van der Waals surface area contributed by atoms with Gasteiger partial charge in [-0.2, -0.15) is 0 Å². The van der Waals surface area contributed by atoms with E-state index in [4.69, 9.17) is 46.4 Å². The molecule has 26 heavy (non-hydrogen) atoms. The zero-order valence-corrected chi connectivity index (χ0v) is 17.7. The summed E-state index contributed by atoms with van der Waals surface area (Å²) in [5, 5.41) is 6.16. The number of hydrogen-bond donors (Lipinski definition) is 2. The molecule has 2 aromatic carbocycles. The van der Waals surface area contributed by atoms with E-state index >= 15 is 0 Å². The average molecular weight is 470 g/mol. The average Bonchev–Trinajstić information content (AvgIpc) is 2.64. The third kappa shape index (κ3) is 5.87. The highest BCUT2D eigenvalue weighted by molar-refractivity contribution is 8.76. The van der Waals surface area contributed by atoms with Crippen LogP contribution in [-0.4, -0.2) is 23.6 Å². The predicted octanol–water partition coefficient (Wildman–Crippen LogP) is 6.15. The van der Waals surface area contributed by atoms with Gasteiger partial charge in [-0.15, -0.1) is 23.2 Å². The van der Waals surface area contributed by atoms with E-state index in [1.807, 2.05) is 12.1 Å². The molecule has 0 aliphatic heterocycles. The Balaban J connectivity index is 2.24. The lowest BCUT2D eigenvalue weighted by Crippen LogP contribution is -2.13. The molecular formula is C16H12Cl4N2O2S2. The fourth-order valence-corrected chi connectivity index (χ4v) is 4.82. The first-order chi connectivity index (χ1) is 12.5. The first kappa shape index (κ1) is 21.5. The Morgan fingerprint density at radius 1 is 0.769 bits per heavy atom. The van der Waals surface area contributed by atoms with E-state index in [0.717, 1.165) is 9.79 Å². The molecule has 0 unspecified atom stereocenters. The molecule has 0 saturated carbocycles. The van der Waals surface area contributed by atoms with Crippen LogP contribution in [-0.2, 0) is 9.59 Å². The molecule has 4 nitrogen and oxygen atoms in total. The number of alkyl halides is 2. The maximum Gasteiger partial charge on any atom is 0.239 e. The standard InChI is InChI=1S/C16H12Cl4N2O2S2/c17-7-13(23)21-15-9(19)3-1-5-11(15)25-26-12-6-2-4-10(20)16(12)22-14(24)8-18/h1-6H,7-8H2,(H,21,23)(H,22,24). The van der Waals surface area contributed by atoms with Gasteiger partial charge in [0.15, 0.2) is 0 Å². The summed E-state index contributed by atoms with van der Waals surface area (Å²) in [7, 11) is 2.71. The molecule has 0 bridgehead atoms. The van der Waals surface area contributed by atoms with Crippen LogP contribution in [0.2, 0.25) is 10.0 Å². The minimum Gasteiger partial charge on any atom is -0.323 e. The first-order valence-electron chi connectivity index (χ1n) is 7.09. The summed E-state index contributed by atoms with van der Waals surface area (Å²) in [5.74, 6) is -1.06. The van der Waals surface area contributed by atoms with E-state index in [9.17, 15) is 9.59 Å². The molecule has 2 N–H and O–H groups in total. The van der Waals surface area contributed by atoms with Gasteiger partial charge in [0.05, 0.1) is 21.4 Å². The lowest BCUT2D eigenvalue weighted by Gasteiger charge is -2.14. The topological polar surface area (TPSA) is 58.2 Å². The van der Waals surface area contributed by atoms with Gasteiger partial charge in [0.25, 0.3) is 0 Å². The molecule has 138 valence electrons.